The molecule has 0 aromatic heterocycles. The molecule has 0 saturated heterocycles. The molecular formula is C13H17NO3S. The number of terminal acetylenes is 1. The van der Waals surface area contributed by atoms with Crippen LogP contribution < -0.4 is 9.46 Å². The molecule has 0 bridgehead atoms. The highest BCUT2D eigenvalue weighted by Crippen LogP contribution is 2.16. The molecule has 1 rings (SSSR count). The van der Waals surface area contributed by atoms with Crippen molar-refractivity contribution in [3.05, 3.63) is 24.3 Å². The lowest BCUT2D eigenvalue weighted by molar-refractivity contribution is 0.414. The first-order valence-electron chi connectivity index (χ1n) is 5.53. The highest BCUT2D eigenvalue weighted by molar-refractivity contribution is 7.89. The molecule has 0 aliphatic rings. The maximum atomic E-state index is 12.1. The Morgan fingerprint density at radius 3 is 2.22 bits per heavy atom. The van der Waals surface area contributed by atoms with E-state index in [9.17, 15) is 8.42 Å². The SMILES string of the molecule is C#CC(NS(=O)(=O)c1ccc(OC)cc1)C(C)C. The summed E-state index contributed by atoms with van der Waals surface area (Å²) in [4.78, 5) is 0.171. The summed E-state index contributed by atoms with van der Waals surface area (Å²) in [6.45, 7) is 3.72. The summed E-state index contributed by atoms with van der Waals surface area (Å²) in [6, 6.07) is 5.63. The van der Waals surface area contributed by atoms with Crippen molar-refractivity contribution in [2.75, 3.05) is 7.11 Å². The van der Waals surface area contributed by atoms with E-state index in [0.29, 0.717) is 5.75 Å². The minimum Gasteiger partial charge on any atom is -0.497 e. The van der Waals surface area contributed by atoms with Crippen LogP contribution in [0, 0.1) is 18.3 Å². The zero-order valence-electron chi connectivity index (χ0n) is 10.7. The Morgan fingerprint density at radius 2 is 1.83 bits per heavy atom. The molecule has 4 nitrogen and oxygen atoms in total. The number of ether oxygens (including phenoxy) is 1. The first kappa shape index (κ1) is 14.6. The van der Waals surface area contributed by atoms with Gasteiger partial charge in [0.2, 0.25) is 10.0 Å². The lowest BCUT2D eigenvalue weighted by Gasteiger charge is -2.16. The monoisotopic (exact) mass is 267 g/mol. The van der Waals surface area contributed by atoms with Crippen LogP contribution in [-0.4, -0.2) is 21.6 Å². The molecule has 0 heterocycles. The van der Waals surface area contributed by atoms with Crippen molar-refractivity contribution < 1.29 is 13.2 Å². The molecule has 1 atom stereocenters. The third kappa shape index (κ3) is 3.49. The lowest BCUT2D eigenvalue weighted by Crippen LogP contribution is -2.37. The van der Waals surface area contributed by atoms with Crippen molar-refractivity contribution in [1.82, 2.24) is 4.72 Å². The molecular weight excluding hydrogens is 250 g/mol. The molecule has 98 valence electrons. The van der Waals surface area contributed by atoms with Gasteiger partial charge in [0.25, 0.3) is 0 Å². The van der Waals surface area contributed by atoms with Gasteiger partial charge in [-0.25, -0.2) is 8.42 Å². The molecule has 0 saturated carbocycles. The van der Waals surface area contributed by atoms with Crippen molar-refractivity contribution in [3.63, 3.8) is 0 Å². The molecule has 0 amide bonds. The van der Waals surface area contributed by atoms with Gasteiger partial charge in [-0.1, -0.05) is 19.8 Å². The van der Waals surface area contributed by atoms with Crippen molar-refractivity contribution in [3.8, 4) is 18.1 Å². The maximum absolute atomic E-state index is 12.1. The fourth-order valence-electron chi connectivity index (χ4n) is 1.35. The number of nitrogens with one attached hydrogen (secondary N) is 1. The van der Waals surface area contributed by atoms with E-state index in [4.69, 9.17) is 11.2 Å². The standard InChI is InChI=1S/C13H17NO3S/c1-5-13(10(2)3)14-18(15,16)12-8-6-11(17-4)7-9-12/h1,6-10,13-14H,2-4H3. The second kappa shape index (κ2) is 5.89. The fraction of sp³-hybridized carbons (Fsp3) is 0.385. The van der Waals surface area contributed by atoms with E-state index in [0.717, 1.165) is 0 Å². The van der Waals surface area contributed by atoms with Crippen LogP contribution in [0.3, 0.4) is 0 Å². The number of methoxy groups -OCH3 is 1. The van der Waals surface area contributed by atoms with Gasteiger partial charge in [-0.05, 0) is 30.2 Å². The van der Waals surface area contributed by atoms with Gasteiger partial charge in [0.15, 0.2) is 0 Å². The highest BCUT2D eigenvalue weighted by Gasteiger charge is 2.20. The van der Waals surface area contributed by atoms with E-state index < -0.39 is 16.1 Å². The Morgan fingerprint density at radius 1 is 1.28 bits per heavy atom. The zero-order valence-corrected chi connectivity index (χ0v) is 11.5. The smallest absolute Gasteiger partial charge is 0.241 e. The van der Waals surface area contributed by atoms with Gasteiger partial charge < -0.3 is 4.74 Å². The number of benzene rings is 1. The summed E-state index contributed by atoms with van der Waals surface area (Å²) in [5.74, 6) is 3.07. The Balaban J connectivity index is 2.96. The van der Waals surface area contributed by atoms with E-state index in [1.54, 1.807) is 12.1 Å². The second-order valence-corrected chi connectivity index (χ2v) is 5.90. The number of rotatable bonds is 5. The minimum absolute atomic E-state index is 0.0306. The molecule has 1 N–H and O–H groups in total. The van der Waals surface area contributed by atoms with E-state index in [1.807, 2.05) is 13.8 Å². The van der Waals surface area contributed by atoms with Gasteiger partial charge in [0.05, 0.1) is 18.0 Å². The summed E-state index contributed by atoms with van der Waals surface area (Å²) in [5, 5.41) is 0. The molecule has 0 radical (unpaired) electrons. The number of hydrogen-bond donors (Lipinski definition) is 1. The van der Waals surface area contributed by atoms with Gasteiger partial charge >= 0.3 is 0 Å². The summed E-state index contributed by atoms with van der Waals surface area (Å²) in [5.41, 5.74) is 0. The van der Waals surface area contributed by atoms with Crippen molar-refractivity contribution in [2.45, 2.75) is 24.8 Å². The van der Waals surface area contributed by atoms with Crippen LogP contribution in [0.2, 0.25) is 0 Å². The molecule has 0 spiro atoms. The summed E-state index contributed by atoms with van der Waals surface area (Å²) < 4.78 is 31.6. The molecule has 0 fully saturated rings. The lowest BCUT2D eigenvalue weighted by atomic mass is 10.1. The summed E-state index contributed by atoms with van der Waals surface area (Å²) in [6.07, 6.45) is 5.31. The number of sulfonamides is 1. The largest absolute Gasteiger partial charge is 0.497 e. The van der Waals surface area contributed by atoms with E-state index in [2.05, 4.69) is 10.6 Å². The summed E-state index contributed by atoms with van der Waals surface area (Å²) in [7, 11) is -2.07. The topological polar surface area (TPSA) is 55.4 Å². The molecule has 5 heteroatoms. The van der Waals surface area contributed by atoms with Crippen LogP contribution in [0.15, 0.2) is 29.2 Å². The normalized spacial score (nSPS) is 13.1. The van der Waals surface area contributed by atoms with Crippen LogP contribution in [0.25, 0.3) is 0 Å². The predicted molar refractivity (Wildman–Crippen MR) is 70.8 cm³/mol. The molecule has 18 heavy (non-hydrogen) atoms. The highest BCUT2D eigenvalue weighted by atomic mass is 32.2. The Hall–Kier alpha value is -1.51. The zero-order chi connectivity index (χ0) is 13.8. The third-order valence-corrected chi connectivity index (χ3v) is 3.96. The van der Waals surface area contributed by atoms with E-state index >= 15 is 0 Å². The van der Waals surface area contributed by atoms with E-state index in [-0.39, 0.29) is 10.8 Å². The van der Waals surface area contributed by atoms with Gasteiger partial charge in [0, 0.05) is 0 Å². The predicted octanol–water partition coefficient (Wildman–Crippen LogP) is 1.63. The van der Waals surface area contributed by atoms with Crippen LogP contribution >= 0.6 is 0 Å². The molecule has 0 aliphatic carbocycles. The molecule has 0 aliphatic heterocycles. The summed E-state index contributed by atoms with van der Waals surface area (Å²) >= 11 is 0. The van der Waals surface area contributed by atoms with E-state index in [1.165, 1.54) is 19.2 Å². The Kier molecular flexibility index (Phi) is 4.76. The number of hydrogen-bond acceptors (Lipinski definition) is 3. The van der Waals surface area contributed by atoms with Crippen LogP contribution in [0.4, 0.5) is 0 Å². The average Bonchev–Trinajstić information content (AvgIpc) is 2.35. The Labute approximate surface area is 108 Å². The molecule has 1 unspecified atom stereocenters. The molecule has 1 aromatic carbocycles. The Bertz CT molecular complexity index is 526. The van der Waals surface area contributed by atoms with Gasteiger partial charge in [0.1, 0.15) is 5.75 Å². The van der Waals surface area contributed by atoms with Crippen LogP contribution in [-0.2, 0) is 10.0 Å². The first-order chi connectivity index (χ1) is 8.40. The fourth-order valence-corrected chi connectivity index (χ4v) is 2.66. The van der Waals surface area contributed by atoms with Crippen LogP contribution in [0.5, 0.6) is 5.75 Å². The molecule has 1 aromatic rings. The maximum Gasteiger partial charge on any atom is 0.241 e. The minimum atomic E-state index is -3.59. The van der Waals surface area contributed by atoms with Crippen LogP contribution in [0.1, 0.15) is 13.8 Å². The van der Waals surface area contributed by atoms with Crippen molar-refractivity contribution >= 4 is 10.0 Å². The quantitative estimate of drug-likeness (QED) is 0.825. The van der Waals surface area contributed by atoms with Crippen molar-refractivity contribution in [1.29, 1.82) is 0 Å². The van der Waals surface area contributed by atoms with Crippen molar-refractivity contribution in [2.24, 2.45) is 5.92 Å². The van der Waals surface area contributed by atoms with Gasteiger partial charge in [-0.15, -0.1) is 6.42 Å². The average molecular weight is 267 g/mol. The second-order valence-electron chi connectivity index (χ2n) is 4.19. The first-order valence-corrected chi connectivity index (χ1v) is 7.01. The van der Waals surface area contributed by atoms with Gasteiger partial charge in [-0.3, -0.25) is 0 Å². The third-order valence-electron chi connectivity index (χ3n) is 2.50. The van der Waals surface area contributed by atoms with Gasteiger partial charge in [-0.2, -0.15) is 4.72 Å².